The van der Waals surface area contributed by atoms with Crippen molar-refractivity contribution in [1.82, 2.24) is 24.3 Å². The third-order valence-corrected chi connectivity index (χ3v) is 9.04. The predicted octanol–water partition coefficient (Wildman–Crippen LogP) is 4.97. The SMILES string of the molecule is CC(C)n1c(=O)n(CC2CC2)c(=O)c2cc(NC(=O)N3CCC[C@@H](NC(=O)c4ccc5c(c4)CN(C(=O)OC(C)(C)C)C5)C3)c(F)cc21. The Hall–Kier alpha value is -4.68. The maximum absolute atomic E-state index is 15.4. The summed E-state index contributed by atoms with van der Waals surface area (Å²) in [5.41, 5.74) is 0.742. The lowest BCUT2D eigenvalue weighted by molar-refractivity contribution is 0.0241. The number of carbonyl (C=O) groups is 3. The third-order valence-electron chi connectivity index (χ3n) is 9.04. The molecular weight excluding hydrogens is 619 g/mol. The van der Waals surface area contributed by atoms with Crippen molar-refractivity contribution in [2.45, 2.75) is 97.6 Å². The van der Waals surface area contributed by atoms with E-state index in [1.54, 1.807) is 30.9 Å². The van der Waals surface area contributed by atoms with E-state index in [0.717, 1.165) is 30.0 Å². The Balaban J connectivity index is 1.13. The number of piperidine rings is 1. The minimum atomic E-state index is -0.757. The zero-order chi connectivity index (χ0) is 34.5. The van der Waals surface area contributed by atoms with E-state index in [-0.39, 0.29) is 47.0 Å². The fraction of sp³-hybridized carbons (Fsp3) is 0.514. The smallest absolute Gasteiger partial charge is 0.410 e. The largest absolute Gasteiger partial charge is 0.444 e. The summed E-state index contributed by atoms with van der Waals surface area (Å²) in [6.45, 7) is 10.7. The Labute approximate surface area is 277 Å². The summed E-state index contributed by atoms with van der Waals surface area (Å²) in [6.07, 6.45) is 2.78. The summed E-state index contributed by atoms with van der Waals surface area (Å²) in [5, 5.41) is 5.79. The average Bonchev–Trinajstić information content (AvgIpc) is 3.73. The summed E-state index contributed by atoms with van der Waals surface area (Å²) in [4.78, 5) is 68.8. The van der Waals surface area contributed by atoms with E-state index in [9.17, 15) is 24.0 Å². The quantitative estimate of drug-likeness (QED) is 0.383. The van der Waals surface area contributed by atoms with Crippen molar-refractivity contribution in [2.75, 3.05) is 18.4 Å². The van der Waals surface area contributed by atoms with Gasteiger partial charge < -0.3 is 20.3 Å². The molecule has 0 spiro atoms. The molecule has 6 rings (SSSR count). The fourth-order valence-electron chi connectivity index (χ4n) is 6.45. The maximum Gasteiger partial charge on any atom is 0.410 e. The molecule has 3 heterocycles. The number of nitrogens with one attached hydrogen (secondary N) is 2. The van der Waals surface area contributed by atoms with Crippen LogP contribution in [0, 0.1) is 11.7 Å². The molecule has 4 amide bonds. The summed E-state index contributed by atoms with van der Waals surface area (Å²) >= 11 is 0. The van der Waals surface area contributed by atoms with Gasteiger partial charge in [0.2, 0.25) is 0 Å². The highest BCUT2D eigenvalue weighted by Gasteiger charge is 2.30. The molecule has 2 N–H and O–H groups in total. The van der Waals surface area contributed by atoms with Crippen molar-refractivity contribution in [3.8, 4) is 0 Å². The first-order valence-electron chi connectivity index (χ1n) is 16.6. The number of aromatic nitrogens is 2. The maximum atomic E-state index is 15.4. The molecule has 13 heteroatoms. The highest BCUT2D eigenvalue weighted by Crippen LogP contribution is 2.30. The monoisotopic (exact) mass is 662 g/mol. The molecule has 1 atom stereocenters. The second-order valence-electron chi connectivity index (χ2n) is 14.5. The number of amides is 4. The van der Waals surface area contributed by atoms with Crippen molar-refractivity contribution >= 4 is 34.6 Å². The number of likely N-dealkylation sites (tertiary alicyclic amines) is 1. The van der Waals surface area contributed by atoms with E-state index in [2.05, 4.69) is 10.6 Å². The van der Waals surface area contributed by atoms with Gasteiger partial charge in [0.1, 0.15) is 11.4 Å². The molecule has 0 unspecified atom stereocenters. The Morgan fingerprint density at radius 2 is 1.73 bits per heavy atom. The molecule has 12 nitrogen and oxygen atoms in total. The minimum absolute atomic E-state index is 0.152. The Kier molecular flexibility index (Phi) is 8.82. The van der Waals surface area contributed by atoms with Crippen LogP contribution in [0.25, 0.3) is 10.9 Å². The molecule has 3 aromatic rings. The molecule has 1 aliphatic carbocycles. The van der Waals surface area contributed by atoms with Crippen LogP contribution in [0.3, 0.4) is 0 Å². The summed E-state index contributed by atoms with van der Waals surface area (Å²) in [7, 11) is 0. The molecular formula is C35H43FN6O6. The predicted molar refractivity (Wildman–Crippen MR) is 179 cm³/mol. The van der Waals surface area contributed by atoms with Gasteiger partial charge in [-0.25, -0.2) is 18.8 Å². The van der Waals surface area contributed by atoms with Crippen LogP contribution in [0.15, 0.2) is 39.9 Å². The molecule has 1 saturated heterocycles. The number of fused-ring (bicyclic) bond motifs is 2. The number of nitrogens with zero attached hydrogens (tertiary/aromatic N) is 4. The Morgan fingerprint density at radius 3 is 2.42 bits per heavy atom. The standard InChI is InChI=1S/C35H43FN6O6/c1-20(2)42-29-15-27(36)28(14-26(29)31(44)41(33(42)46)16-21-8-9-21)38-32(45)39-12-6-7-25(19-39)37-30(43)22-10-11-23-17-40(18-24(23)13-22)34(47)48-35(3,4)5/h10-11,13-15,20-21,25H,6-9,12,16-19H2,1-5H3,(H,37,43)(H,38,45)/t25-/m1/s1. The topological polar surface area (TPSA) is 135 Å². The molecule has 0 bridgehead atoms. The Morgan fingerprint density at radius 1 is 1.00 bits per heavy atom. The van der Waals surface area contributed by atoms with E-state index in [1.807, 2.05) is 26.8 Å². The van der Waals surface area contributed by atoms with Crippen molar-refractivity contribution in [3.63, 3.8) is 0 Å². The van der Waals surface area contributed by atoms with Crippen LogP contribution < -0.4 is 21.9 Å². The summed E-state index contributed by atoms with van der Waals surface area (Å²) in [6, 6.07) is 6.60. The van der Waals surface area contributed by atoms with Crippen molar-refractivity contribution in [3.05, 3.63) is 73.7 Å². The van der Waals surface area contributed by atoms with Crippen LogP contribution in [-0.2, 0) is 24.4 Å². The number of hydrogen-bond donors (Lipinski definition) is 2. The number of ether oxygens (including phenoxy) is 1. The highest BCUT2D eigenvalue weighted by atomic mass is 19.1. The van der Waals surface area contributed by atoms with Crippen LogP contribution in [0.2, 0.25) is 0 Å². The molecule has 0 radical (unpaired) electrons. The highest BCUT2D eigenvalue weighted by molar-refractivity contribution is 5.95. The zero-order valence-corrected chi connectivity index (χ0v) is 28.1. The first-order chi connectivity index (χ1) is 22.7. The lowest BCUT2D eigenvalue weighted by Gasteiger charge is -2.33. The molecule has 1 saturated carbocycles. The van der Waals surface area contributed by atoms with Crippen LogP contribution in [0.5, 0.6) is 0 Å². The van der Waals surface area contributed by atoms with Crippen LogP contribution in [0.1, 0.15) is 87.8 Å². The first kappa shape index (κ1) is 33.2. The van der Waals surface area contributed by atoms with Crippen molar-refractivity contribution in [2.24, 2.45) is 5.92 Å². The lowest BCUT2D eigenvalue weighted by atomic mass is 10.0. The molecule has 1 aromatic heterocycles. The van der Waals surface area contributed by atoms with E-state index in [0.29, 0.717) is 44.6 Å². The molecule has 2 aliphatic heterocycles. The van der Waals surface area contributed by atoms with Gasteiger partial charge in [-0.05, 0) is 95.5 Å². The lowest BCUT2D eigenvalue weighted by Crippen LogP contribution is -2.50. The van der Waals surface area contributed by atoms with Gasteiger partial charge in [0.15, 0.2) is 0 Å². The number of urea groups is 1. The van der Waals surface area contributed by atoms with Gasteiger partial charge in [-0.2, -0.15) is 0 Å². The number of benzene rings is 2. The van der Waals surface area contributed by atoms with Crippen LogP contribution in [0.4, 0.5) is 19.7 Å². The minimum Gasteiger partial charge on any atom is -0.444 e. The number of hydrogen-bond acceptors (Lipinski definition) is 6. The zero-order valence-electron chi connectivity index (χ0n) is 28.1. The second-order valence-corrected chi connectivity index (χ2v) is 14.5. The number of halogens is 1. The van der Waals surface area contributed by atoms with Gasteiger partial charge in [-0.1, -0.05) is 6.07 Å². The molecule has 2 aromatic carbocycles. The second kappa shape index (κ2) is 12.7. The van der Waals surface area contributed by atoms with Gasteiger partial charge >= 0.3 is 17.8 Å². The number of anilines is 1. The van der Waals surface area contributed by atoms with Gasteiger partial charge in [0.05, 0.1) is 16.6 Å². The number of rotatable bonds is 6. The average molecular weight is 663 g/mol. The van der Waals surface area contributed by atoms with Crippen molar-refractivity contribution in [1.29, 1.82) is 0 Å². The summed E-state index contributed by atoms with van der Waals surface area (Å²) < 4.78 is 23.5. The summed E-state index contributed by atoms with van der Waals surface area (Å²) in [5.74, 6) is -0.773. The van der Waals surface area contributed by atoms with E-state index in [1.165, 1.54) is 20.1 Å². The molecule has 48 heavy (non-hydrogen) atoms. The Bertz CT molecular complexity index is 1910. The molecule has 256 valence electrons. The fourth-order valence-corrected chi connectivity index (χ4v) is 6.45. The third kappa shape index (κ3) is 6.95. The van der Waals surface area contributed by atoms with Gasteiger partial charge in [-0.3, -0.25) is 23.6 Å². The van der Waals surface area contributed by atoms with Crippen LogP contribution >= 0.6 is 0 Å². The normalized spacial score (nSPS) is 17.9. The van der Waals surface area contributed by atoms with Crippen molar-refractivity contribution < 1.29 is 23.5 Å². The van der Waals surface area contributed by atoms with Gasteiger partial charge in [0.25, 0.3) is 11.5 Å². The number of carbonyl (C=O) groups excluding carboxylic acids is 3. The molecule has 2 fully saturated rings. The van der Waals surface area contributed by atoms with E-state index < -0.39 is 34.8 Å². The molecule has 3 aliphatic rings. The van der Waals surface area contributed by atoms with E-state index >= 15 is 4.39 Å². The first-order valence-corrected chi connectivity index (χ1v) is 16.6. The van der Waals surface area contributed by atoms with Gasteiger partial charge in [0, 0.05) is 56.4 Å². The van der Waals surface area contributed by atoms with Crippen LogP contribution in [-0.4, -0.2) is 61.7 Å². The van der Waals surface area contributed by atoms with E-state index in [4.69, 9.17) is 4.74 Å². The van der Waals surface area contributed by atoms with Gasteiger partial charge in [-0.15, -0.1) is 0 Å².